The summed E-state index contributed by atoms with van der Waals surface area (Å²) in [7, 11) is -2.28. The first-order chi connectivity index (χ1) is 9.85. The zero-order valence-corrected chi connectivity index (χ0v) is 12.1. The SMILES string of the molecule is CNS(=O)(=O)c1ccc(NC(=O)NCCCC(=O)O)nc1. The number of pyridine rings is 1. The number of sulfonamides is 1. The Morgan fingerprint density at radius 1 is 1.33 bits per heavy atom. The highest BCUT2D eigenvalue weighted by Crippen LogP contribution is 2.09. The van der Waals surface area contributed by atoms with E-state index in [9.17, 15) is 18.0 Å². The van der Waals surface area contributed by atoms with Crippen molar-refractivity contribution in [3.8, 4) is 0 Å². The number of carbonyl (C=O) groups is 2. The Kier molecular flexibility index (Phi) is 6.06. The number of nitrogens with zero attached hydrogens (tertiary/aromatic N) is 1. The molecule has 0 aliphatic carbocycles. The topological polar surface area (TPSA) is 137 Å². The lowest BCUT2D eigenvalue weighted by atomic mass is 10.3. The molecule has 1 aromatic rings. The molecular formula is C11H16N4O5S. The fraction of sp³-hybridized carbons (Fsp3) is 0.364. The molecule has 0 saturated heterocycles. The maximum Gasteiger partial charge on any atom is 0.320 e. The molecule has 0 bridgehead atoms. The minimum absolute atomic E-state index is 0.0163. The second-order valence-electron chi connectivity index (χ2n) is 3.96. The van der Waals surface area contributed by atoms with Crippen LogP contribution >= 0.6 is 0 Å². The Balaban J connectivity index is 2.49. The molecule has 21 heavy (non-hydrogen) atoms. The van der Waals surface area contributed by atoms with Crippen LogP contribution in [0.4, 0.5) is 10.6 Å². The average molecular weight is 316 g/mol. The van der Waals surface area contributed by atoms with Crippen LogP contribution in [0.25, 0.3) is 0 Å². The van der Waals surface area contributed by atoms with Crippen molar-refractivity contribution in [2.75, 3.05) is 18.9 Å². The Morgan fingerprint density at radius 2 is 2.05 bits per heavy atom. The highest BCUT2D eigenvalue weighted by Gasteiger charge is 2.11. The number of hydrogen-bond donors (Lipinski definition) is 4. The molecule has 10 heteroatoms. The van der Waals surface area contributed by atoms with Crippen molar-refractivity contribution in [2.24, 2.45) is 0 Å². The molecule has 0 spiro atoms. The number of aromatic nitrogens is 1. The summed E-state index contributed by atoms with van der Waals surface area (Å²) in [5.41, 5.74) is 0. The largest absolute Gasteiger partial charge is 0.481 e. The van der Waals surface area contributed by atoms with Crippen molar-refractivity contribution in [3.63, 3.8) is 0 Å². The maximum absolute atomic E-state index is 11.5. The van der Waals surface area contributed by atoms with Gasteiger partial charge in [-0.15, -0.1) is 0 Å². The first-order valence-electron chi connectivity index (χ1n) is 6.01. The Hall–Kier alpha value is -2.20. The minimum Gasteiger partial charge on any atom is -0.481 e. The molecular weight excluding hydrogens is 300 g/mol. The highest BCUT2D eigenvalue weighted by atomic mass is 32.2. The van der Waals surface area contributed by atoms with Gasteiger partial charge in [0.15, 0.2) is 0 Å². The van der Waals surface area contributed by atoms with Crippen LogP contribution in [0.3, 0.4) is 0 Å². The third-order valence-electron chi connectivity index (χ3n) is 2.41. The van der Waals surface area contributed by atoms with Gasteiger partial charge in [-0.05, 0) is 25.6 Å². The molecule has 0 atom stereocenters. The number of carboxylic acid groups (broad SMARTS) is 1. The predicted octanol–water partition coefficient (Wildman–Crippen LogP) is -0.0240. The molecule has 0 aliphatic heterocycles. The Morgan fingerprint density at radius 3 is 2.57 bits per heavy atom. The molecule has 9 nitrogen and oxygen atoms in total. The lowest BCUT2D eigenvalue weighted by Crippen LogP contribution is -2.30. The maximum atomic E-state index is 11.5. The van der Waals surface area contributed by atoms with Crippen molar-refractivity contribution in [3.05, 3.63) is 18.3 Å². The van der Waals surface area contributed by atoms with Crippen LogP contribution in [0.2, 0.25) is 0 Å². The van der Waals surface area contributed by atoms with Crippen LogP contribution in [0.1, 0.15) is 12.8 Å². The molecule has 0 aromatic carbocycles. The van der Waals surface area contributed by atoms with Crippen molar-refractivity contribution >= 4 is 27.8 Å². The Bertz CT molecular complexity index is 600. The number of carboxylic acids is 1. The average Bonchev–Trinajstić information content (AvgIpc) is 2.44. The molecule has 116 valence electrons. The number of urea groups is 1. The lowest BCUT2D eigenvalue weighted by molar-refractivity contribution is -0.137. The molecule has 0 aliphatic rings. The van der Waals surface area contributed by atoms with Crippen molar-refractivity contribution in [1.82, 2.24) is 15.0 Å². The van der Waals surface area contributed by atoms with E-state index in [1.165, 1.54) is 19.2 Å². The monoisotopic (exact) mass is 316 g/mol. The predicted molar refractivity (Wildman–Crippen MR) is 74.4 cm³/mol. The fourth-order valence-corrected chi connectivity index (χ4v) is 2.01. The second kappa shape index (κ2) is 7.55. The summed E-state index contributed by atoms with van der Waals surface area (Å²) in [5.74, 6) is -0.749. The number of aliphatic carboxylic acids is 1. The van der Waals surface area contributed by atoms with Crippen molar-refractivity contribution < 1.29 is 23.1 Å². The molecule has 1 heterocycles. The van der Waals surface area contributed by atoms with Crippen LogP contribution < -0.4 is 15.4 Å². The molecule has 4 N–H and O–H groups in total. The van der Waals surface area contributed by atoms with E-state index in [1.54, 1.807) is 0 Å². The number of anilines is 1. The summed E-state index contributed by atoms with van der Waals surface area (Å²) in [5, 5.41) is 13.3. The van der Waals surface area contributed by atoms with Gasteiger partial charge in [0.05, 0.1) is 0 Å². The van der Waals surface area contributed by atoms with E-state index in [0.717, 1.165) is 6.20 Å². The van der Waals surface area contributed by atoms with Gasteiger partial charge in [0, 0.05) is 19.2 Å². The molecule has 0 radical (unpaired) electrons. The molecule has 0 unspecified atom stereocenters. The van der Waals surface area contributed by atoms with E-state index in [2.05, 4.69) is 20.3 Å². The second-order valence-corrected chi connectivity index (χ2v) is 5.85. The van der Waals surface area contributed by atoms with Gasteiger partial charge in [0.25, 0.3) is 0 Å². The van der Waals surface area contributed by atoms with Crippen LogP contribution in [0.15, 0.2) is 23.2 Å². The number of amides is 2. The van der Waals surface area contributed by atoms with E-state index in [4.69, 9.17) is 5.11 Å². The number of nitrogens with one attached hydrogen (secondary N) is 3. The third kappa shape index (κ3) is 5.75. The summed E-state index contributed by atoms with van der Waals surface area (Å²) in [6.45, 7) is 0.213. The van der Waals surface area contributed by atoms with E-state index < -0.39 is 22.0 Å². The van der Waals surface area contributed by atoms with Crippen molar-refractivity contribution in [2.45, 2.75) is 17.7 Å². The van der Waals surface area contributed by atoms with Gasteiger partial charge in [0.1, 0.15) is 10.7 Å². The zero-order valence-electron chi connectivity index (χ0n) is 11.3. The summed E-state index contributed by atoms with van der Waals surface area (Å²) >= 11 is 0. The van der Waals surface area contributed by atoms with E-state index in [0.29, 0.717) is 6.42 Å². The van der Waals surface area contributed by atoms with Gasteiger partial charge in [-0.2, -0.15) is 0 Å². The quantitative estimate of drug-likeness (QED) is 0.521. The van der Waals surface area contributed by atoms with Gasteiger partial charge in [-0.1, -0.05) is 0 Å². The normalized spacial score (nSPS) is 10.9. The Labute approximate surface area is 121 Å². The molecule has 2 amide bonds. The highest BCUT2D eigenvalue weighted by molar-refractivity contribution is 7.89. The van der Waals surface area contributed by atoms with Gasteiger partial charge in [0.2, 0.25) is 10.0 Å². The summed E-state index contributed by atoms with van der Waals surface area (Å²) in [6.07, 6.45) is 1.40. The van der Waals surface area contributed by atoms with Gasteiger partial charge < -0.3 is 10.4 Å². The summed E-state index contributed by atoms with van der Waals surface area (Å²) in [6, 6.07) is 2.11. The van der Waals surface area contributed by atoms with E-state index >= 15 is 0 Å². The molecule has 0 saturated carbocycles. The summed E-state index contributed by atoms with van der Waals surface area (Å²) < 4.78 is 25.1. The van der Waals surface area contributed by atoms with Crippen LogP contribution in [0.5, 0.6) is 0 Å². The third-order valence-corrected chi connectivity index (χ3v) is 3.81. The standard InChI is InChI=1S/C11H16N4O5S/c1-12-21(19,20)8-4-5-9(14-7-8)15-11(18)13-6-2-3-10(16)17/h4-5,7,12H,2-3,6H2,1H3,(H,16,17)(H2,13,14,15,18). The minimum atomic E-state index is -3.57. The number of rotatable bonds is 7. The van der Waals surface area contributed by atoms with E-state index in [1.807, 2.05) is 0 Å². The first kappa shape index (κ1) is 16.9. The number of hydrogen-bond acceptors (Lipinski definition) is 5. The van der Waals surface area contributed by atoms with Gasteiger partial charge in [-0.25, -0.2) is 22.9 Å². The summed E-state index contributed by atoms with van der Waals surface area (Å²) in [4.78, 5) is 25.5. The molecule has 0 fully saturated rings. The molecule has 1 rings (SSSR count). The first-order valence-corrected chi connectivity index (χ1v) is 7.49. The van der Waals surface area contributed by atoms with Crippen molar-refractivity contribution in [1.29, 1.82) is 0 Å². The smallest absolute Gasteiger partial charge is 0.320 e. The zero-order chi connectivity index (χ0) is 15.9. The fourth-order valence-electron chi connectivity index (χ4n) is 1.33. The van der Waals surface area contributed by atoms with Gasteiger partial charge >= 0.3 is 12.0 Å². The van der Waals surface area contributed by atoms with Gasteiger partial charge in [-0.3, -0.25) is 10.1 Å². The van der Waals surface area contributed by atoms with Crippen LogP contribution in [0, 0.1) is 0 Å². The van der Waals surface area contributed by atoms with Crippen LogP contribution in [-0.4, -0.2) is 44.1 Å². The van der Waals surface area contributed by atoms with Crippen LogP contribution in [-0.2, 0) is 14.8 Å². The van der Waals surface area contributed by atoms with E-state index in [-0.39, 0.29) is 23.7 Å². The number of carbonyl (C=O) groups excluding carboxylic acids is 1. The molecule has 1 aromatic heterocycles. The lowest BCUT2D eigenvalue weighted by Gasteiger charge is -2.07.